The molecular weight excluding hydrogens is 454 g/mol. The van der Waals surface area contributed by atoms with E-state index in [-0.39, 0.29) is 24.8 Å². The standard InChI is InChI=1S/C15H20F6O6S2/c1-9(2)12(22)27-11-8-6-4-3-5-7-10(11)13(28(23,24)14(16,17)18)29(25,26)15(19,20)21/h10-11,13H,1,3-8H2,2H3. The van der Waals surface area contributed by atoms with Crippen LogP contribution in [0.15, 0.2) is 12.2 Å². The Hall–Kier alpha value is -1.31. The zero-order valence-electron chi connectivity index (χ0n) is 15.2. The predicted octanol–water partition coefficient (Wildman–Crippen LogP) is 3.64. The molecule has 1 aliphatic carbocycles. The van der Waals surface area contributed by atoms with Crippen molar-refractivity contribution >= 4 is 25.6 Å². The number of carbonyl (C=O) groups is 1. The molecule has 2 atom stereocenters. The monoisotopic (exact) mass is 474 g/mol. The molecular formula is C15H20F6O6S2. The van der Waals surface area contributed by atoms with Crippen LogP contribution in [0.4, 0.5) is 26.3 Å². The molecule has 0 aliphatic heterocycles. The molecule has 0 bridgehead atoms. The van der Waals surface area contributed by atoms with Crippen LogP contribution in [-0.4, -0.2) is 44.5 Å². The van der Waals surface area contributed by atoms with E-state index in [2.05, 4.69) is 6.58 Å². The molecule has 1 rings (SSSR count). The molecule has 6 nitrogen and oxygen atoms in total. The zero-order chi connectivity index (χ0) is 22.8. The minimum absolute atomic E-state index is 0.0386. The highest BCUT2D eigenvalue weighted by Crippen LogP contribution is 2.43. The summed E-state index contributed by atoms with van der Waals surface area (Å²) in [6, 6.07) is 0. The Balaban J connectivity index is 3.67. The number of sulfone groups is 2. The normalized spacial score (nSPS) is 22.6. The van der Waals surface area contributed by atoms with Gasteiger partial charge in [-0.1, -0.05) is 25.8 Å². The predicted molar refractivity (Wildman–Crippen MR) is 89.6 cm³/mol. The van der Waals surface area contributed by atoms with Crippen LogP contribution >= 0.6 is 0 Å². The molecule has 2 unspecified atom stereocenters. The second-order valence-corrected chi connectivity index (χ2v) is 11.1. The van der Waals surface area contributed by atoms with E-state index in [1.807, 2.05) is 0 Å². The Kier molecular flexibility index (Phi) is 7.82. The fourth-order valence-corrected chi connectivity index (χ4v) is 7.12. The van der Waals surface area contributed by atoms with E-state index in [0.29, 0.717) is 12.8 Å². The number of hydrogen-bond donors (Lipinski definition) is 0. The molecule has 1 fully saturated rings. The molecule has 0 spiro atoms. The average molecular weight is 474 g/mol. The fraction of sp³-hybridized carbons (Fsp3) is 0.800. The van der Waals surface area contributed by atoms with E-state index >= 15 is 0 Å². The van der Waals surface area contributed by atoms with Gasteiger partial charge in [-0.15, -0.1) is 0 Å². The zero-order valence-corrected chi connectivity index (χ0v) is 16.8. The first-order chi connectivity index (χ1) is 12.9. The second-order valence-electron chi connectivity index (χ2n) is 6.73. The van der Waals surface area contributed by atoms with E-state index in [4.69, 9.17) is 4.74 Å². The van der Waals surface area contributed by atoms with E-state index in [0.717, 1.165) is 6.92 Å². The number of ether oxygens (including phenoxy) is 1. The summed E-state index contributed by atoms with van der Waals surface area (Å²) in [5.74, 6) is -3.43. The molecule has 1 saturated carbocycles. The lowest BCUT2D eigenvalue weighted by molar-refractivity contribution is -0.147. The summed E-state index contributed by atoms with van der Waals surface area (Å²) < 4.78 is 127. The number of halogens is 6. The van der Waals surface area contributed by atoms with Gasteiger partial charge in [-0.05, 0) is 26.2 Å². The van der Waals surface area contributed by atoms with Gasteiger partial charge >= 0.3 is 17.0 Å². The lowest BCUT2D eigenvalue weighted by Gasteiger charge is -2.34. The van der Waals surface area contributed by atoms with Gasteiger partial charge in [0.2, 0.25) is 0 Å². The van der Waals surface area contributed by atoms with Crippen LogP contribution in [0, 0.1) is 5.92 Å². The Morgan fingerprint density at radius 2 is 1.31 bits per heavy atom. The van der Waals surface area contributed by atoms with Crippen LogP contribution in [0.5, 0.6) is 0 Å². The number of hydrogen-bond acceptors (Lipinski definition) is 6. The topological polar surface area (TPSA) is 94.6 Å². The lowest BCUT2D eigenvalue weighted by Crippen LogP contribution is -2.52. The number of rotatable bonds is 5. The van der Waals surface area contributed by atoms with Crippen molar-refractivity contribution in [3.8, 4) is 0 Å². The van der Waals surface area contributed by atoms with E-state index in [1.54, 1.807) is 0 Å². The number of carbonyl (C=O) groups excluding carboxylic acids is 1. The van der Waals surface area contributed by atoms with Crippen LogP contribution in [0.2, 0.25) is 0 Å². The molecule has 0 N–H and O–H groups in total. The molecule has 29 heavy (non-hydrogen) atoms. The van der Waals surface area contributed by atoms with Crippen LogP contribution in [0.3, 0.4) is 0 Å². The van der Waals surface area contributed by atoms with Crippen molar-refractivity contribution in [1.29, 1.82) is 0 Å². The highest BCUT2D eigenvalue weighted by atomic mass is 32.3. The van der Waals surface area contributed by atoms with Crippen molar-refractivity contribution in [2.24, 2.45) is 5.92 Å². The van der Waals surface area contributed by atoms with Gasteiger partial charge in [-0.3, -0.25) is 0 Å². The lowest BCUT2D eigenvalue weighted by atomic mass is 9.89. The molecule has 0 radical (unpaired) electrons. The van der Waals surface area contributed by atoms with Crippen molar-refractivity contribution in [2.45, 2.75) is 67.2 Å². The summed E-state index contributed by atoms with van der Waals surface area (Å²) in [6.45, 7) is 4.40. The Morgan fingerprint density at radius 1 is 0.897 bits per heavy atom. The largest absolute Gasteiger partial charge is 0.498 e. The fourth-order valence-electron chi connectivity index (χ4n) is 3.07. The Labute approximate surface area is 164 Å². The van der Waals surface area contributed by atoms with E-state index in [9.17, 15) is 48.0 Å². The average Bonchev–Trinajstić information content (AvgIpc) is 2.50. The summed E-state index contributed by atoms with van der Waals surface area (Å²) in [6.07, 6.45) is -1.71. The van der Waals surface area contributed by atoms with Gasteiger partial charge in [-0.2, -0.15) is 26.3 Å². The number of esters is 1. The minimum atomic E-state index is -6.82. The summed E-state index contributed by atoms with van der Waals surface area (Å²) in [5.41, 5.74) is -12.8. The molecule has 0 aromatic carbocycles. The molecule has 0 aromatic rings. The summed E-state index contributed by atoms with van der Waals surface area (Å²) >= 11 is 0. The Morgan fingerprint density at radius 3 is 1.69 bits per heavy atom. The van der Waals surface area contributed by atoms with Crippen molar-refractivity contribution in [3.63, 3.8) is 0 Å². The van der Waals surface area contributed by atoms with Crippen LogP contribution < -0.4 is 0 Å². The van der Waals surface area contributed by atoms with Gasteiger partial charge in [0.15, 0.2) is 4.58 Å². The van der Waals surface area contributed by atoms with Crippen LogP contribution in [0.1, 0.15) is 45.4 Å². The van der Waals surface area contributed by atoms with Gasteiger partial charge in [0, 0.05) is 11.5 Å². The molecule has 14 heteroatoms. The third-order valence-electron chi connectivity index (χ3n) is 4.47. The highest BCUT2D eigenvalue weighted by molar-refractivity contribution is 8.09. The Bertz CT molecular complexity index is 784. The summed E-state index contributed by atoms with van der Waals surface area (Å²) in [4.78, 5) is 11.8. The number of alkyl halides is 6. The maximum absolute atomic E-state index is 13.1. The van der Waals surface area contributed by atoms with Crippen LogP contribution in [-0.2, 0) is 29.2 Å². The SMILES string of the molecule is C=C(C)C(=O)OC1CCCCCCC1C(S(=O)(=O)C(F)(F)F)S(=O)(=O)C(F)(F)F. The van der Waals surface area contributed by atoms with Gasteiger partial charge in [0.25, 0.3) is 19.7 Å². The van der Waals surface area contributed by atoms with E-state index in [1.165, 1.54) is 0 Å². The smallest absolute Gasteiger partial charge is 0.459 e. The first-order valence-corrected chi connectivity index (χ1v) is 11.5. The van der Waals surface area contributed by atoms with Gasteiger partial charge in [0.05, 0.1) is 0 Å². The van der Waals surface area contributed by atoms with Crippen molar-refractivity contribution in [1.82, 2.24) is 0 Å². The van der Waals surface area contributed by atoms with E-state index < -0.39 is 59.7 Å². The van der Waals surface area contributed by atoms with Crippen LogP contribution in [0.25, 0.3) is 0 Å². The quantitative estimate of drug-likeness (QED) is 0.343. The third-order valence-corrected chi connectivity index (χ3v) is 9.20. The van der Waals surface area contributed by atoms with Gasteiger partial charge in [-0.25, -0.2) is 21.6 Å². The first kappa shape index (κ1) is 25.7. The summed E-state index contributed by atoms with van der Waals surface area (Å²) in [5, 5.41) is 0. The molecule has 0 heterocycles. The molecule has 0 aromatic heterocycles. The molecule has 1 aliphatic rings. The van der Waals surface area contributed by atoms with Crippen molar-refractivity contribution in [3.05, 3.63) is 12.2 Å². The van der Waals surface area contributed by atoms with Gasteiger partial charge < -0.3 is 4.74 Å². The second kappa shape index (κ2) is 8.82. The molecule has 0 saturated heterocycles. The maximum Gasteiger partial charge on any atom is 0.498 e. The van der Waals surface area contributed by atoms with Gasteiger partial charge in [0.1, 0.15) is 6.10 Å². The first-order valence-electron chi connectivity index (χ1n) is 8.41. The highest BCUT2D eigenvalue weighted by Gasteiger charge is 2.66. The maximum atomic E-state index is 13.1. The third kappa shape index (κ3) is 5.64. The molecule has 170 valence electrons. The van der Waals surface area contributed by atoms with Crippen molar-refractivity contribution < 1.29 is 52.7 Å². The minimum Gasteiger partial charge on any atom is -0.459 e. The van der Waals surface area contributed by atoms with Crippen molar-refractivity contribution in [2.75, 3.05) is 0 Å². The molecule has 0 amide bonds. The summed E-state index contributed by atoms with van der Waals surface area (Å²) in [7, 11) is -13.6.